The molecule has 49 heavy (non-hydrogen) atoms. The van der Waals surface area contributed by atoms with Gasteiger partial charge in [-0.3, -0.25) is 4.57 Å². The predicted octanol–water partition coefficient (Wildman–Crippen LogP) is 12.7. The normalized spacial score (nSPS) is 12.0. The van der Waals surface area contributed by atoms with Crippen molar-refractivity contribution in [3.63, 3.8) is 0 Å². The van der Waals surface area contributed by atoms with E-state index in [1.54, 1.807) is 11.3 Å². The van der Waals surface area contributed by atoms with Crippen molar-refractivity contribution in [3.8, 4) is 34.3 Å². The third kappa shape index (κ3) is 4.59. The summed E-state index contributed by atoms with van der Waals surface area (Å²) in [6.45, 7) is 9.18. The highest BCUT2D eigenvalue weighted by Crippen LogP contribution is 2.45. The monoisotopic (exact) mass is 651 g/mol. The summed E-state index contributed by atoms with van der Waals surface area (Å²) in [5.74, 6) is 1.53. The summed E-state index contributed by atoms with van der Waals surface area (Å²) < 4.78 is 11.1. The number of fused-ring (bicyclic) bond motifs is 7. The molecule has 0 aliphatic heterocycles. The molecule has 5 heteroatoms. The van der Waals surface area contributed by atoms with Crippen LogP contribution >= 0.6 is 11.3 Å². The number of imidazole rings is 1. The molecule has 0 amide bonds. The van der Waals surface area contributed by atoms with Crippen molar-refractivity contribution in [1.82, 2.24) is 9.55 Å². The van der Waals surface area contributed by atoms with Crippen LogP contribution in [0.4, 0.5) is 0 Å². The fourth-order valence-electron chi connectivity index (χ4n) is 7.36. The number of nitriles is 1. The lowest BCUT2D eigenvalue weighted by Crippen LogP contribution is -2.09. The molecule has 0 atom stereocenters. The number of para-hydroxylation sites is 2. The molecule has 6 aromatic carbocycles. The molecule has 0 saturated carbocycles. The van der Waals surface area contributed by atoms with Crippen LogP contribution in [0.2, 0.25) is 0 Å². The van der Waals surface area contributed by atoms with Crippen LogP contribution in [0.5, 0.6) is 0 Å². The average Bonchev–Trinajstić information content (AvgIpc) is 3.80. The maximum atomic E-state index is 9.42. The number of thiophene rings is 1. The SMILES string of the molecule is CC(C)c1cc(-c2ccccc2)cc(C(C)C)c1-n1c(-c2cccc3c2sc2cc4c(cc23)oc2cc(C#N)ccc24)nc2ccccc21. The number of rotatable bonds is 5. The second-order valence-electron chi connectivity index (χ2n) is 13.5. The molecule has 0 N–H and O–H groups in total. The van der Waals surface area contributed by atoms with Gasteiger partial charge in [-0.05, 0) is 94.8 Å². The zero-order valence-electron chi connectivity index (χ0n) is 27.8. The van der Waals surface area contributed by atoms with Gasteiger partial charge in [0, 0.05) is 36.5 Å². The highest BCUT2D eigenvalue weighted by Gasteiger charge is 2.25. The van der Waals surface area contributed by atoms with E-state index in [1.165, 1.54) is 42.7 Å². The lowest BCUT2D eigenvalue weighted by molar-refractivity contribution is 0.669. The van der Waals surface area contributed by atoms with Crippen LogP contribution in [-0.4, -0.2) is 9.55 Å². The van der Waals surface area contributed by atoms with Crippen molar-refractivity contribution in [1.29, 1.82) is 5.26 Å². The summed E-state index contributed by atoms with van der Waals surface area (Å²) in [4.78, 5) is 5.39. The number of benzene rings is 6. The predicted molar refractivity (Wildman–Crippen MR) is 205 cm³/mol. The Hall–Kier alpha value is -5.70. The molecule has 4 nitrogen and oxygen atoms in total. The molecule has 9 rings (SSSR count). The van der Waals surface area contributed by atoms with E-state index in [9.17, 15) is 5.26 Å². The van der Waals surface area contributed by atoms with Crippen LogP contribution in [0, 0.1) is 11.3 Å². The lowest BCUT2D eigenvalue weighted by atomic mass is 9.88. The molecule has 0 bridgehead atoms. The maximum Gasteiger partial charge on any atom is 0.147 e. The van der Waals surface area contributed by atoms with Crippen molar-refractivity contribution in [2.75, 3.05) is 0 Å². The number of aromatic nitrogens is 2. The minimum Gasteiger partial charge on any atom is -0.456 e. The van der Waals surface area contributed by atoms with E-state index in [-0.39, 0.29) is 0 Å². The number of hydrogen-bond donors (Lipinski definition) is 0. The number of hydrogen-bond acceptors (Lipinski definition) is 4. The lowest BCUT2D eigenvalue weighted by Gasteiger charge is -2.24. The fourth-order valence-corrected chi connectivity index (χ4v) is 8.59. The average molecular weight is 652 g/mol. The zero-order chi connectivity index (χ0) is 33.4. The van der Waals surface area contributed by atoms with Crippen LogP contribution in [0.15, 0.2) is 120 Å². The Morgan fingerprint density at radius 1 is 0.673 bits per heavy atom. The van der Waals surface area contributed by atoms with Gasteiger partial charge in [-0.2, -0.15) is 5.26 Å². The molecule has 0 saturated heterocycles. The quantitative estimate of drug-likeness (QED) is 0.186. The van der Waals surface area contributed by atoms with Crippen molar-refractivity contribution in [2.24, 2.45) is 0 Å². The van der Waals surface area contributed by atoms with Gasteiger partial charge in [-0.25, -0.2) is 4.98 Å². The van der Waals surface area contributed by atoms with E-state index >= 15 is 0 Å². The van der Waals surface area contributed by atoms with E-state index in [2.05, 4.69) is 135 Å². The molecule has 0 fully saturated rings. The molecule has 3 aromatic heterocycles. The highest BCUT2D eigenvalue weighted by molar-refractivity contribution is 7.26. The first-order valence-electron chi connectivity index (χ1n) is 16.8. The summed E-state index contributed by atoms with van der Waals surface area (Å²) >= 11 is 1.80. The Balaban J connectivity index is 1.33. The van der Waals surface area contributed by atoms with Gasteiger partial charge < -0.3 is 4.42 Å². The van der Waals surface area contributed by atoms with Gasteiger partial charge >= 0.3 is 0 Å². The Morgan fingerprint density at radius 2 is 1.41 bits per heavy atom. The molecule has 236 valence electrons. The van der Waals surface area contributed by atoms with Crippen molar-refractivity contribution >= 4 is 64.5 Å². The molecule has 0 aliphatic rings. The topological polar surface area (TPSA) is 54.8 Å². The van der Waals surface area contributed by atoms with Crippen LogP contribution < -0.4 is 0 Å². The summed E-state index contributed by atoms with van der Waals surface area (Å²) in [5, 5.41) is 13.9. The van der Waals surface area contributed by atoms with Crippen LogP contribution in [0.1, 0.15) is 56.2 Å². The third-order valence-electron chi connectivity index (χ3n) is 9.77. The Morgan fingerprint density at radius 3 is 2.16 bits per heavy atom. The smallest absolute Gasteiger partial charge is 0.147 e. The maximum absolute atomic E-state index is 9.42. The van der Waals surface area contributed by atoms with Gasteiger partial charge in [-0.1, -0.05) is 82.3 Å². The minimum absolute atomic E-state index is 0.291. The molecule has 0 spiro atoms. The van der Waals surface area contributed by atoms with Gasteiger partial charge in [0.2, 0.25) is 0 Å². The molecule has 0 aliphatic carbocycles. The summed E-state index contributed by atoms with van der Waals surface area (Å²) in [7, 11) is 0. The van der Waals surface area contributed by atoms with Crippen molar-refractivity contribution in [2.45, 2.75) is 39.5 Å². The fraction of sp³-hybridized carbons (Fsp3) is 0.136. The van der Waals surface area contributed by atoms with Crippen LogP contribution in [0.3, 0.4) is 0 Å². The first-order chi connectivity index (χ1) is 23.9. The molecular formula is C44H33N3OS. The van der Waals surface area contributed by atoms with E-state index in [4.69, 9.17) is 9.40 Å². The van der Waals surface area contributed by atoms with E-state index in [0.29, 0.717) is 17.4 Å². The highest BCUT2D eigenvalue weighted by atomic mass is 32.1. The molecular weight excluding hydrogens is 619 g/mol. The number of nitrogens with zero attached hydrogens (tertiary/aromatic N) is 3. The largest absolute Gasteiger partial charge is 0.456 e. The Kier molecular flexibility index (Phi) is 6.72. The first-order valence-corrected chi connectivity index (χ1v) is 17.6. The summed E-state index contributed by atoms with van der Waals surface area (Å²) in [6.07, 6.45) is 0. The molecule has 0 unspecified atom stereocenters. The Labute approximate surface area is 288 Å². The molecule has 3 heterocycles. The van der Waals surface area contributed by atoms with Crippen LogP contribution in [0.25, 0.3) is 81.3 Å². The molecule has 9 aromatic rings. The van der Waals surface area contributed by atoms with Gasteiger partial charge in [0.05, 0.1) is 28.4 Å². The number of furan rings is 1. The Bertz CT molecular complexity index is 2760. The third-order valence-corrected chi connectivity index (χ3v) is 11.0. The second kappa shape index (κ2) is 11.2. The van der Waals surface area contributed by atoms with Gasteiger partial charge in [0.25, 0.3) is 0 Å². The molecule has 0 radical (unpaired) electrons. The summed E-state index contributed by atoms with van der Waals surface area (Å²) in [5.41, 5.74) is 11.7. The standard InChI is InChI=1S/C44H33N3OS/c1-25(2)33-20-29(28-11-6-5-7-12-28)21-34(26(3)4)42(33)47-38-16-9-8-15-37(38)46-44(47)32-14-10-13-31-36-22-40-35(23-41(36)49-43(31)32)30-18-17-27(24-45)19-39(30)48-40/h5-23,25-26H,1-4H3. The van der Waals surface area contributed by atoms with E-state index < -0.39 is 0 Å². The van der Waals surface area contributed by atoms with E-state index in [1.807, 2.05) is 18.2 Å². The van der Waals surface area contributed by atoms with Crippen molar-refractivity contribution < 1.29 is 4.42 Å². The van der Waals surface area contributed by atoms with Gasteiger partial charge in [0.1, 0.15) is 17.0 Å². The van der Waals surface area contributed by atoms with Gasteiger partial charge in [0.15, 0.2) is 0 Å². The van der Waals surface area contributed by atoms with Crippen LogP contribution in [-0.2, 0) is 0 Å². The second-order valence-corrected chi connectivity index (χ2v) is 14.5. The summed E-state index contributed by atoms with van der Waals surface area (Å²) in [6, 6.07) is 42.9. The van der Waals surface area contributed by atoms with Crippen molar-refractivity contribution in [3.05, 3.63) is 132 Å². The zero-order valence-corrected chi connectivity index (χ0v) is 28.6. The van der Waals surface area contributed by atoms with E-state index in [0.717, 1.165) is 49.7 Å². The first kappa shape index (κ1) is 29.4. The van der Waals surface area contributed by atoms with Gasteiger partial charge in [-0.15, -0.1) is 11.3 Å². The minimum atomic E-state index is 0.291.